The topological polar surface area (TPSA) is 58.6 Å². The Morgan fingerprint density at radius 1 is 1.08 bits per heavy atom. The molecule has 1 aliphatic heterocycles. The van der Waals surface area contributed by atoms with Crippen molar-refractivity contribution in [1.82, 2.24) is 5.32 Å². The standard InChI is InChI=1S/C27H19Cl2FN2O3S/c1-2-5-18-12-16(10-11-23(18)35-15-17-6-3-7-19(30)13-17)14-20-25(33)31-27(36)32(26(20)34)22-9-4-8-21(28)24(22)29/h2-4,6-14H,1,5,15H2,(H,31,33,36)/b20-14+. The van der Waals surface area contributed by atoms with Crippen molar-refractivity contribution in [2.75, 3.05) is 4.90 Å². The Bertz CT molecular complexity index is 1420. The van der Waals surface area contributed by atoms with Crippen LogP contribution in [0.5, 0.6) is 5.75 Å². The fourth-order valence-corrected chi connectivity index (χ4v) is 4.29. The van der Waals surface area contributed by atoms with Gasteiger partial charge in [0.1, 0.15) is 23.7 Å². The fraction of sp³-hybridized carbons (Fsp3) is 0.0741. The van der Waals surface area contributed by atoms with Crippen molar-refractivity contribution >= 4 is 64.1 Å². The van der Waals surface area contributed by atoms with Crippen LogP contribution < -0.4 is 15.0 Å². The van der Waals surface area contributed by atoms with Gasteiger partial charge >= 0.3 is 0 Å². The summed E-state index contributed by atoms with van der Waals surface area (Å²) in [4.78, 5) is 27.1. The molecule has 0 aliphatic carbocycles. The highest BCUT2D eigenvalue weighted by atomic mass is 35.5. The van der Waals surface area contributed by atoms with Crippen LogP contribution in [0.4, 0.5) is 10.1 Å². The average molecular weight is 541 g/mol. The molecule has 1 heterocycles. The fourth-order valence-electron chi connectivity index (χ4n) is 3.64. The molecule has 1 saturated heterocycles. The molecule has 5 nitrogen and oxygen atoms in total. The number of hydrogen-bond acceptors (Lipinski definition) is 4. The number of halogens is 3. The van der Waals surface area contributed by atoms with E-state index < -0.39 is 11.8 Å². The number of benzene rings is 3. The number of hydrogen-bond donors (Lipinski definition) is 1. The van der Waals surface area contributed by atoms with Gasteiger partial charge in [-0.1, -0.05) is 53.5 Å². The van der Waals surface area contributed by atoms with Crippen LogP contribution in [-0.2, 0) is 22.6 Å². The van der Waals surface area contributed by atoms with Gasteiger partial charge in [0.2, 0.25) is 0 Å². The van der Waals surface area contributed by atoms with Crippen molar-refractivity contribution in [3.05, 3.63) is 111 Å². The van der Waals surface area contributed by atoms with Crippen molar-refractivity contribution in [3.8, 4) is 5.75 Å². The third-order valence-corrected chi connectivity index (χ3v) is 6.41. The Hall–Kier alpha value is -3.52. The molecule has 3 aromatic rings. The highest BCUT2D eigenvalue weighted by Crippen LogP contribution is 2.34. The Labute approximate surface area is 222 Å². The highest BCUT2D eigenvalue weighted by molar-refractivity contribution is 7.80. The van der Waals surface area contributed by atoms with Gasteiger partial charge in [0.25, 0.3) is 11.8 Å². The third-order valence-electron chi connectivity index (χ3n) is 5.32. The second-order valence-corrected chi connectivity index (χ2v) is 8.98. The molecule has 36 heavy (non-hydrogen) atoms. The van der Waals surface area contributed by atoms with E-state index in [4.69, 9.17) is 40.2 Å². The number of amides is 2. The molecule has 0 atom stereocenters. The lowest BCUT2D eigenvalue weighted by Gasteiger charge is -2.29. The molecule has 0 saturated carbocycles. The molecule has 1 aliphatic rings. The molecular weight excluding hydrogens is 522 g/mol. The summed E-state index contributed by atoms with van der Waals surface area (Å²) in [6.45, 7) is 3.96. The van der Waals surface area contributed by atoms with E-state index in [0.717, 1.165) is 10.5 Å². The minimum atomic E-state index is -0.635. The Balaban J connectivity index is 1.64. The van der Waals surface area contributed by atoms with E-state index in [1.54, 1.807) is 54.6 Å². The Kier molecular flexibility index (Phi) is 7.84. The van der Waals surface area contributed by atoms with Gasteiger partial charge in [-0.05, 0) is 77.8 Å². The first kappa shape index (κ1) is 25.6. The molecule has 0 radical (unpaired) electrons. The maximum absolute atomic E-state index is 13.5. The summed E-state index contributed by atoms with van der Waals surface area (Å²) in [5.41, 5.74) is 2.19. The highest BCUT2D eigenvalue weighted by Gasteiger charge is 2.35. The summed E-state index contributed by atoms with van der Waals surface area (Å²) in [5.74, 6) is -1.03. The maximum Gasteiger partial charge on any atom is 0.270 e. The van der Waals surface area contributed by atoms with Crippen LogP contribution in [0, 0.1) is 5.82 Å². The van der Waals surface area contributed by atoms with Crippen LogP contribution in [0.3, 0.4) is 0 Å². The molecule has 9 heteroatoms. The van der Waals surface area contributed by atoms with Crippen LogP contribution >= 0.6 is 35.4 Å². The summed E-state index contributed by atoms with van der Waals surface area (Å²) in [6, 6.07) is 16.2. The van der Waals surface area contributed by atoms with Gasteiger partial charge in [-0.15, -0.1) is 6.58 Å². The van der Waals surface area contributed by atoms with Crippen molar-refractivity contribution in [3.63, 3.8) is 0 Å². The number of rotatable bonds is 7. The first-order chi connectivity index (χ1) is 17.3. The largest absolute Gasteiger partial charge is 0.489 e. The Morgan fingerprint density at radius 3 is 2.61 bits per heavy atom. The summed E-state index contributed by atoms with van der Waals surface area (Å²) in [7, 11) is 0. The molecule has 0 aromatic heterocycles. The van der Waals surface area contributed by atoms with E-state index in [2.05, 4.69) is 11.9 Å². The van der Waals surface area contributed by atoms with Crippen LogP contribution in [0.25, 0.3) is 6.08 Å². The van der Waals surface area contributed by atoms with E-state index in [-0.39, 0.29) is 38.8 Å². The van der Waals surface area contributed by atoms with Gasteiger partial charge in [-0.2, -0.15) is 0 Å². The quantitative estimate of drug-likeness (QED) is 0.166. The zero-order valence-electron chi connectivity index (χ0n) is 18.8. The normalized spacial score (nSPS) is 14.7. The SMILES string of the molecule is C=CCc1cc(/C=C2\C(=O)NC(=S)N(c3cccc(Cl)c3Cl)C2=O)ccc1OCc1cccc(F)c1. The number of ether oxygens (including phenoxy) is 1. The van der Waals surface area contributed by atoms with E-state index >= 15 is 0 Å². The summed E-state index contributed by atoms with van der Waals surface area (Å²) < 4.78 is 19.4. The zero-order valence-corrected chi connectivity index (χ0v) is 21.1. The average Bonchev–Trinajstić information content (AvgIpc) is 2.84. The molecule has 1 N–H and O–H groups in total. The number of allylic oxidation sites excluding steroid dienone is 1. The lowest BCUT2D eigenvalue weighted by atomic mass is 10.0. The first-order valence-electron chi connectivity index (χ1n) is 10.7. The number of nitrogens with zero attached hydrogens (tertiary/aromatic N) is 1. The second-order valence-electron chi connectivity index (χ2n) is 7.81. The number of carbonyl (C=O) groups excluding carboxylic acids is 2. The molecule has 3 aromatic carbocycles. The summed E-state index contributed by atoms with van der Waals surface area (Å²) in [5, 5.41) is 2.81. The number of thiocarbonyl (C=S) groups is 1. The number of nitrogens with one attached hydrogen (secondary N) is 1. The number of anilines is 1. The molecule has 2 amide bonds. The first-order valence-corrected chi connectivity index (χ1v) is 11.9. The van der Waals surface area contributed by atoms with Gasteiger partial charge in [0, 0.05) is 0 Å². The molecule has 1 fully saturated rings. The van der Waals surface area contributed by atoms with E-state index in [1.807, 2.05) is 0 Å². The Morgan fingerprint density at radius 2 is 1.86 bits per heavy atom. The van der Waals surface area contributed by atoms with Crippen molar-refractivity contribution < 1.29 is 18.7 Å². The van der Waals surface area contributed by atoms with Crippen LogP contribution in [0.15, 0.2) is 78.9 Å². The second kappa shape index (κ2) is 11.0. The molecule has 0 spiro atoms. The van der Waals surface area contributed by atoms with Gasteiger partial charge in [-0.25, -0.2) is 4.39 Å². The van der Waals surface area contributed by atoms with Crippen molar-refractivity contribution in [1.29, 1.82) is 0 Å². The maximum atomic E-state index is 13.5. The van der Waals surface area contributed by atoms with E-state index in [1.165, 1.54) is 18.2 Å². The summed E-state index contributed by atoms with van der Waals surface area (Å²) in [6.07, 6.45) is 3.65. The predicted molar refractivity (Wildman–Crippen MR) is 144 cm³/mol. The number of carbonyl (C=O) groups is 2. The van der Waals surface area contributed by atoms with Crippen molar-refractivity contribution in [2.24, 2.45) is 0 Å². The minimum Gasteiger partial charge on any atom is -0.489 e. The zero-order chi connectivity index (χ0) is 25.8. The van der Waals surface area contributed by atoms with E-state index in [9.17, 15) is 14.0 Å². The van der Waals surface area contributed by atoms with Gasteiger partial charge < -0.3 is 4.74 Å². The van der Waals surface area contributed by atoms with E-state index in [0.29, 0.717) is 23.3 Å². The minimum absolute atomic E-state index is 0.0974. The van der Waals surface area contributed by atoms with Gasteiger partial charge in [0.15, 0.2) is 5.11 Å². The van der Waals surface area contributed by atoms with Crippen LogP contribution in [0.1, 0.15) is 16.7 Å². The van der Waals surface area contributed by atoms with Crippen LogP contribution in [0.2, 0.25) is 10.0 Å². The molecule has 4 rings (SSSR count). The lowest BCUT2D eigenvalue weighted by Crippen LogP contribution is -2.54. The van der Waals surface area contributed by atoms with Gasteiger partial charge in [-0.3, -0.25) is 19.8 Å². The third kappa shape index (κ3) is 5.49. The van der Waals surface area contributed by atoms with Crippen molar-refractivity contribution in [2.45, 2.75) is 13.0 Å². The predicted octanol–water partition coefficient (Wildman–Crippen LogP) is 6.27. The summed E-state index contributed by atoms with van der Waals surface area (Å²) >= 11 is 17.6. The molecule has 0 bridgehead atoms. The monoisotopic (exact) mass is 540 g/mol. The van der Waals surface area contributed by atoms with Crippen LogP contribution in [-0.4, -0.2) is 16.9 Å². The molecule has 182 valence electrons. The van der Waals surface area contributed by atoms with Gasteiger partial charge in [0.05, 0.1) is 15.7 Å². The lowest BCUT2D eigenvalue weighted by molar-refractivity contribution is -0.122. The smallest absolute Gasteiger partial charge is 0.270 e. The molecule has 0 unspecified atom stereocenters. The molecular formula is C27H19Cl2FN2O3S.